The van der Waals surface area contributed by atoms with Crippen molar-refractivity contribution in [1.29, 1.82) is 0 Å². The molecule has 2 aliphatic rings. The Morgan fingerprint density at radius 3 is 3.03 bits per heavy atom. The third-order valence-corrected chi connectivity index (χ3v) is 8.66. The molecule has 3 aromatic rings. The number of aromatic nitrogens is 2. The minimum atomic E-state index is -1.17. The summed E-state index contributed by atoms with van der Waals surface area (Å²) in [7, 11) is 0. The number of Topliss-reactive ketones (excluding diaryl/α,β-unsaturated/α-hetero) is 1. The fourth-order valence-electron chi connectivity index (χ4n) is 5.29. The van der Waals surface area contributed by atoms with Crippen molar-refractivity contribution in [3.63, 3.8) is 0 Å². The van der Waals surface area contributed by atoms with Crippen LogP contribution in [-0.4, -0.2) is 51.2 Å². The molecule has 3 heterocycles. The number of fused-ring (bicyclic) bond motifs is 2. The molecule has 1 aliphatic carbocycles. The fraction of sp³-hybridized carbons (Fsp3) is 0.500. The van der Waals surface area contributed by atoms with Crippen molar-refractivity contribution in [2.45, 2.75) is 70.0 Å². The molecule has 7 nitrogen and oxygen atoms in total. The van der Waals surface area contributed by atoms with E-state index in [1.165, 1.54) is 29.1 Å². The first-order valence-corrected chi connectivity index (χ1v) is 13.7. The zero-order valence-electron chi connectivity index (χ0n) is 20.0. The van der Waals surface area contributed by atoms with Gasteiger partial charge in [-0.3, -0.25) is 14.5 Å². The highest BCUT2D eigenvalue weighted by molar-refractivity contribution is 7.13. The van der Waals surface area contributed by atoms with E-state index in [9.17, 15) is 9.59 Å². The van der Waals surface area contributed by atoms with E-state index in [0.717, 1.165) is 55.5 Å². The van der Waals surface area contributed by atoms with Crippen molar-refractivity contribution in [1.82, 2.24) is 20.2 Å². The molecule has 2 atom stereocenters. The van der Waals surface area contributed by atoms with Crippen LogP contribution in [0.1, 0.15) is 76.3 Å². The highest BCUT2D eigenvalue weighted by Crippen LogP contribution is 2.32. The first-order valence-electron chi connectivity index (χ1n) is 12.5. The smallest absolute Gasteiger partial charge is 0.280 e. The number of nitrogens with two attached hydrogens (primary N) is 1. The van der Waals surface area contributed by atoms with Gasteiger partial charge in [0.25, 0.3) is 5.91 Å². The number of hydrogen-bond donors (Lipinski definition) is 3. The summed E-state index contributed by atoms with van der Waals surface area (Å²) in [5.74, 6) is -0.415. The Balaban J connectivity index is 1.33. The second-order valence-electron chi connectivity index (χ2n) is 9.82. The molecule has 1 aliphatic heterocycles. The van der Waals surface area contributed by atoms with Crippen molar-refractivity contribution in [2.75, 3.05) is 13.1 Å². The van der Waals surface area contributed by atoms with Crippen LogP contribution in [0, 0.1) is 0 Å². The summed E-state index contributed by atoms with van der Waals surface area (Å²) in [5.41, 5.74) is 7.92. The number of halogens is 1. The van der Waals surface area contributed by atoms with E-state index in [1.807, 2.05) is 12.1 Å². The van der Waals surface area contributed by atoms with Gasteiger partial charge in [-0.2, -0.15) is 0 Å². The Kier molecular flexibility index (Phi) is 6.99. The van der Waals surface area contributed by atoms with Gasteiger partial charge in [0.2, 0.25) is 5.78 Å². The van der Waals surface area contributed by atoms with E-state index in [4.69, 9.17) is 17.3 Å². The second kappa shape index (κ2) is 10.0. The number of amides is 1. The van der Waals surface area contributed by atoms with Crippen LogP contribution < -0.4 is 11.1 Å². The number of carbonyl (C=O) groups excluding carboxylic acids is 2. The predicted molar refractivity (Wildman–Crippen MR) is 140 cm³/mol. The zero-order chi connectivity index (χ0) is 24.6. The Labute approximate surface area is 214 Å². The third-order valence-electron chi connectivity index (χ3n) is 7.34. The van der Waals surface area contributed by atoms with Gasteiger partial charge in [-0.05, 0) is 50.1 Å². The number of aromatic amines is 1. The maximum absolute atomic E-state index is 13.6. The molecule has 0 spiro atoms. The van der Waals surface area contributed by atoms with Gasteiger partial charge in [0.05, 0.1) is 17.4 Å². The number of carbonyl (C=O) groups is 2. The minimum Gasteiger partial charge on any atom is -0.352 e. The van der Waals surface area contributed by atoms with Crippen molar-refractivity contribution in [2.24, 2.45) is 5.73 Å². The zero-order valence-corrected chi connectivity index (χ0v) is 21.6. The molecule has 1 fully saturated rings. The molecule has 0 saturated heterocycles. The van der Waals surface area contributed by atoms with Crippen LogP contribution in [0.25, 0.3) is 10.9 Å². The molecular weight excluding hydrogens is 482 g/mol. The van der Waals surface area contributed by atoms with E-state index in [0.29, 0.717) is 28.6 Å². The highest BCUT2D eigenvalue weighted by Gasteiger charge is 2.45. The number of thiazole rings is 1. The molecule has 2 aromatic heterocycles. The van der Waals surface area contributed by atoms with Crippen LogP contribution in [0.4, 0.5) is 0 Å². The first-order chi connectivity index (χ1) is 16.9. The standard InChI is InChI=1S/C26H32ClN5O2S/c1-2-3-11-32-12-9-19-21(15-32)35-25(30-19)24(34)31-22-6-4-5-10-26(22,28)23(33)20-14-16-13-17(27)7-8-18(16)29-20/h7-8,13-14,22,29H,2-6,9-12,15,28H2,1H3,(H,31,34). The molecule has 186 valence electrons. The average molecular weight is 514 g/mol. The number of ketones is 1. The predicted octanol–water partition coefficient (Wildman–Crippen LogP) is 4.69. The lowest BCUT2D eigenvalue weighted by Gasteiger charge is -2.39. The molecule has 5 rings (SSSR count). The number of unbranched alkanes of at least 4 members (excludes halogenated alkanes) is 1. The number of H-pyrrole nitrogens is 1. The molecule has 1 saturated carbocycles. The Morgan fingerprint density at radius 2 is 2.20 bits per heavy atom. The van der Waals surface area contributed by atoms with Crippen LogP contribution in [0.3, 0.4) is 0 Å². The third kappa shape index (κ3) is 4.89. The number of rotatable bonds is 7. The van der Waals surface area contributed by atoms with Gasteiger partial charge < -0.3 is 16.0 Å². The lowest BCUT2D eigenvalue weighted by atomic mass is 9.74. The van der Waals surface area contributed by atoms with E-state index < -0.39 is 11.6 Å². The van der Waals surface area contributed by atoms with Gasteiger partial charge in [0.15, 0.2) is 5.01 Å². The molecule has 1 amide bonds. The maximum atomic E-state index is 13.6. The summed E-state index contributed by atoms with van der Waals surface area (Å²) < 4.78 is 0. The minimum absolute atomic E-state index is 0.181. The summed E-state index contributed by atoms with van der Waals surface area (Å²) in [5, 5.41) is 5.03. The summed E-state index contributed by atoms with van der Waals surface area (Å²) in [6, 6.07) is 6.80. The van der Waals surface area contributed by atoms with Crippen molar-refractivity contribution < 1.29 is 9.59 Å². The normalized spacial score (nSPS) is 22.8. The van der Waals surface area contributed by atoms with Gasteiger partial charge in [-0.1, -0.05) is 37.8 Å². The lowest BCUT2D eigenvalue weighted by Crippen LogP contribution is -2.64. The molecule has 0 radical (unpaired) electrons. The molecule has 2 unspecified atom stereocenters. The molecule has 1 aromatic carbocycles. The monoisotopic (exact) mass is 513 g/mol. The number of hydrogen-bond acceptors (Lipinski definition) is 6. The SMILES string of the molecule is CCCCN1CCc2nc(C(=O)NC3CCCCC3(N)C(=O)c3cc4cc(Cl)ccc4[nH]3)sc2C1. The largest absolute Gasteiger partial charge is 0.352 e. The Bertz CT molecular complexity index is 1250. The van der Waals surface area contributed by atoms with Crippen LogP contribution in [0.5, 0.6) is 0 Å². The molecule has 35 heavy (non-hydrogen) atoms. The molecule has 9 heteroatoms. The topological polar surface area (TPSA) is 104 Å². The van der Waals surface area contributed by atoms with Crippen molar-refractivity contribution in [3.8, 4) is 0 Å². The Morgan fingerprint density at radius 1 is 1.34 bits per heavy atom. The summed E-state index contributed by atoms with van der Waals surface area (Å²) in [4.78, 5) is 38.3. The van der Waals surface area contributed by atoms with Gasteiger partial charge in [-0.15, -0.1) is 11.3 Å². The Hall–Kier alpha value is -2.26. The van der Waals surface area contributed by atoms with Crippen LogP contribution in [0.2, 0.25) is 5.02 Å². The van der Waals surface area contributed by atoms with Crippen molar-refractivity contribution in [3.05, 3.63) is 50.6 Å². The summed E-state index contributed by atoms with van der Waals surface area (Å²) in [6.45, 7) is 5.12. The molecule has 0 bridgehead atoms. The highest BCUT2D eigenvalue weighted by atomic mass is 35.5. The van der Waals surface area contributed by atoms with Gasteiger partial charge in [0, 0.05) is 40.3 Å². The maximum Gasteiger partial charge on any atom is 0.280 e. The average Bonchev–Trinajstić information content (AvgIpc) is 3.47. The molecular formula is C26H32ClN5O2S. The van der Waals surface area contributed by atoms with E-state index in [1.54, 1.807) is 12.1 Å². The van der Waals surface area contributed by atoms with Crippen LogP contribution >= 0.6 is 22.9 Å². The molecule has 4 N–H and O–H groups in total. The van der Waals surface area contributed by atoms with Crippen LogP contribution in [0.15, 0.2) is 24.3 Å². The van der Waals surface area contributed by atoms with E-state index >= 15 is 0 Å². The lowest BCUT2D eigenvalue weighted by molar-refractivity contribution is 0.0755. The number of nitrogens with one attached hydrogen (secondary N) is 2. The van der Waals surface area contributed by atoms with Gasteiger partial charge >= 0.3 is 0 Å². The van der Waals surface area contributed by atoms with E-state index in [-0.39, 0.29) is 11.7 Å². The van der Waals surface area contributed by atoms with Gasteiger partial charge in [0.1, 0.15) is 5.54 Å². The number of nitrogens with zero attached hydrogens (tertiary/aromatic N) is 2. The first kappa shape index (κ1) is 24.4. The summed E-state index contributed by atoms with van der Waals surface area (Å²) >= 11 is 7.58. The second-order valence-corrected chi connectivity index (χ2v) is 11.3. The van der Waals surface area contributed by atoms with Crippen molar-refractivity contribution >= 4 is 45.5 Å². The number of benzene rings is 1. The van der Waals surface area contributed by atoms with Gasteiger partial charge in [-0.25, -0.2) is 4.98 Å². The van der Waals surface area contributed by atoms with Crippen LogP contribution in [-0.2, 0) is 13.0 Å². The fourth-order valence-corrected chi connectivity index (χ4v) is 6.52. The summed E-state index contributed by atoms with van der Waals surface area (Å²) in [6.07, 6.45) is 6.17. The quantitative estimate of drug-likeness (QED) is 0.397. The van der Waals surface area contributed by atoms with E-state index in [2.05, 4.69) is 27.1 Å².